The standard InChI is InChI=1S/C34H46N2O12S2/c1-3-45-29(37)9-5-19-35(21-7-23-49-48-47-41)27-15-11-25(12-16-27)31-33(39)32(34(31)40)26-13-17-28(18-14-26)36(22-8-24-50(42,43)44)20-6-10-30(38)46-4-2/h11-18,26,32H,3-10,19-24H2,1-2H3,(H2-,39,41,42,43,44)/p+1. The SMILES string of the molecule is CCOC(=O)CCCN(CCCSOOO)c1ccc(C2=C(O)C(C3C=CC(=[N+](CCCC(=O)OCC)CCCS(=O)(=O)O)C=C3)C2=O)cc1. The Hall–Kier alpha value is -3.54. The van der Waals surface area contributed by atoms with Gasteiger partial charge in [-0.15, -0.1) is 4.33 Å². The molecule has 16 heteroatoms. The Morgan fingerprint density at radius 2 is 1.52 bits per heavy atom. The van der Waals surface area contributed by atoms with Gasteiger partial charge in [-0.05, 0) is 44.4 Å². The molecule has 1 aromatic rings. The van der Waals surface area contributed by atoms with Gasteiger partial charge in [0.2, 0.25) is 0 Å². The summed E-state index contributed by atoms with van der Waals surface area (Å²) >= 11 is 0.964. The van der Waals surface area contributed by atoms with Crippen LogP contribution in [0.3, 0.4) is 0 Å². The van der Waals surface area contributed by atoms with Crippen LogP contribution in [0.25, 0.3) is 5.57 Å². The van der Waals surface area contributed by atoms with Gasteiger partial charge in [0.1, 0.15) is 18.8 Å². The molecule has 0 fully saturated rings. The molecular weight excluding hydrogens is 693 g/mol. The Morgan fingerprint density at radius 3 is 2.10 bits per heavy atom. The number of esters is 2. The fraction of sp³-hybridized carbons (Fsp3) is 0.529. The van der Waals surface area contributed by atoms with Gasteiger partial charge in [-0.3, -0.25) is 18.9 Å². The van der Waals surface area contributed by atoms with Crippen LogP contribution in [0.15, 0.2) is 54.3 Å². The lowest BCUT2D eigenvalue weighted by molar-refractivity contribution is -0.526. The van der Waals surface area contributed by atoms with Crippen LogP contribution >= 0.6 is 12.0 Å². The average molecular weight is 740 g/mol. The number of allylic oxidation sites excluding steroid dienone is 6. The van der Waals surface area contributed by atoms with Gasteiger partial charge in [-0.2, -0.15) is 8.42 Å². The summed E-state index contributed by atoms with van der Waals surface area (Å²) in [5.74, 6) is -1.74. The Morgan fingerprint density at radius 1 is 0.920 bits per heavy atom. The highest BCUT2D eigenvalue weighted by molar-refractivity contribution is 7.94. The minimum atomic E-state index is -4.12. The number of hydrogen-bond acceptors (Lipinski definition) is 13. The van der Waals surface area contributed by atoms with E-state index < -0.39 is 21.8 Å². The molecule has 2 aliphatic carbocycles. The third-order valence-corrected chi connectivity index (χ3v) is 9.54. The lowest BCUT2D eigenvalue weighted by Crippen LogP contribution is -2.36. The second-order valence-corrected chi connectivity index (χ2v) is 14.0. The maximum absolute atomic E-state index is 13.4. The number of aliphatic hydroxyl groups is 1. The molecule has 0 heterocycles. The van der Waals surface area contributed by atoms with Gasteiger partial charge in [0.05, 0.1) is 36.9 Å². The van der Waals surface area contributed by atoms with E-state index in [1.54, 1.807) is 26.0 Å². The van der Waals surface area contributed by atoms with Crippen molar-refractivity contribution in [2.45, 2.75) is 52.4 Å². The molecule has 2 aliphatic rings. The van der Waals surface area contributed by atoms with Crippen LogP contribution in [0.4, 0.5) is 5.69 Å². The van der Waals surface area contributed by atoms with Crippen molar-refractivity contribution in [3.63, 3.8) is 0 Å². The summed E-state index contributed by atoms with van der Waals surface area (Å²) in [4.78, 5) is 39.1. The number of anilines is 1. The molecule has 3 N–H and O–H groups in total. The second kappa shape index (κ2) is 21.0. The van der Waals surface area contributed by atoms with Gasteiger partial charge in [-0.1, -0.05) is 29.3 Å². The molecule has 1 atom stereocenters. The summed E-state index contributed by atoms with van der Waals surface area (Å²) in [6.07, 6.45) is 9.67. The first-order valence-electron chi connectivity index (χ1n) is 16.7. The molecule has 0 radical (unpaired) electrons. The van der Waals surface area contributed by atoms with Gasteiger partial charge in [-0.25, -0.2) is 9.83 Å². The number of hydrogen-bond donors (Lipinski definition) is 3. The minimum Gasteiger partial charge on any atom is -0.511 e. The summed E-state index contributed by atoms with van der Waals surface area (Å²) in [6, 6.07) is 7.29. The summed E-state index contributed by atoms with van der Waals surface area (Å²) in [7, 11) is -4.12. The van der Waals surface area contributed by atoms with Crippen LogP contribution in [0.5, 0.6) is 0 Å². The van der Waals surface area contributed by atoms with Crippen LogP contribution < -0.4 is 4.90 Å². The van der Waals surface area contributed by atoms with Crippen LogP contribution in [0.1, 0.15) is 57.9 Å². The van der Waals surface area contributed by atoms with Crippen molar-refractivity contribution in [1.29, 1.82) is 0 Å². The van der Waals surface area contributed by atoms with Gasteiger partial charge < -0.3 is 19.5 Å². The molecule has 0 aliphatic heterocycles. The number of Topliss-reactive ketones (excluding diaryl/α,β-unsaturated/α-hetero) is 1. The molecule has 50 heavy (non-hydrogen) atoms. The molecule has 3 rings (SSSR count). The number of ether oxygens (including phenoxy) is 2. The summed E-state index contributed by atoms with van der Waals surface area (Å²) in [6.45, 7) is 6.07. The third-order valence-electron chi connectivity index (χ3n) is 8.12. The highest BCUT2D eigenvalue weighted by Crippen LogP contribution is 2.42. The summed E-state index contributed by atoms with van der Waals surface area (Å²) in [5, 5.41) is 23.0. The van der Waals surface area contributed by atoms with Gasteiger partial charge in [0.15, 0.2) is 11.5 Å². The molecule has 0 amide bonds. The molecule has 1 unspecified atom stereocenters. The molecular formula is C34H47N2O12S2+. The number of rotatable bonds is 23. The first kappa shape index (κ1) is 40.9. The van der Waals surface area contributed by atoms with E-state index in [0.717, 1.165) is 23.4 Å². The van der Waals surface area contributed by atoms with Crippen molar-refractivity contribution in [3.05, 3.63) is 59.9 Å². The molecule has 0 saturated carbocycles. The van der Waals surface area contributed by atoms with Crippen molar-refractivity contribution in [1.82, 2.24) is 0 Å². The van der Waals surface area contributed by atoms with Crippen LogP contribution in [-0.4, -0.2) is 102 Å². The predicted octanol–water partition coefficient (Wildman–Crippen LogP) is 4.58. The summed E-state index contributed by atoms with van der Waals surface area (Å²) < 4.78 is 48.0. The quantitative estimate of drug-likeness (QED) is 0.0269. The second-order valence-electron chi connectivity index (χ2n) is 11.6. The zero-order valence-electron chi connectivity index (χ0n) is 28.4. The molecule has 0 aromatic heterocycles. The molecule has 14 nitrogen and oxygen atoms in total. The summed E-state index contributed by atoms with van der Waals surface area (Å²) in [5.41, 5.74) is 2.47. The van der Waals surface area contributed by atoms with Crippen LogP contribution in [0, 0.1) is 11.8 Å². The molecule has 0 bridgehead atoms. The maximum Gasteiger partial charge on any atom is 0.306 e. The third kappa shape index (κ3) is 13.0. The van der Waals surface area contributed by atoms with E-state index in [1.807, 2.05) is 41.0 Å². The van der Waals surface area contributed by atoms with Crippen LogP contribution in [-0.2, 0) is 43.3 Å². The fourth-order valence-corrected chi connectivity index (χ4v) is 6.64. The molecule has 0 saturated heterocycles. The smallest absolute Gasteiger partial charge is 0.306 e. The van der Waals surface area contributed by atoms with E-state index >= 15 is 0 Å². The van der Waals surface area contributed by atoms with Gasteiger partial charge in [0, 0.05) is 73.9 Å². The van der Waals surface area contributed by atoms with Crippen molar-refractivity contribution in [3.8, 4) is 0 Å². The maximum atomic E-state index is 13.4. The van der Waals surface area contributed by atoms with E-state index in [4.69, 9.17) is 19.3 Å². The Kier molecular flexibility index (Phi) is 17.1. The van der Waals surface area contributed by atoms with E-state index in [2.05, 4.69) is 14.3 Å². The van der Waals surface area contributed by atoms with Gasteiger partial charge in [0.25, 0.3) is 10.1 Å². The van der Waals surface area contributed by atoms with Crippen LogP contribution in [0.2, 0.25) is 0 Å². The number of nitrogens with zero attached hydrogens (tertiary/aromatic N) is 2. The lowest BCUT2D eigenvalue weighted by Gasteiger charge is -2.32. The number of aliphatic hydroxyl groups excluding tert-OH is 1. The fourth-order valence-electron chi connectivity index (χ4n) is 5.78. The molecule has 0 spiro atoms. The first-order valence-corrected chi connectivity index (χ1v) is 19.2. The molecule has 276 valence electrons. The largest absolute Gasteiger partial charge is 0.511 e. The van der Waals surface area contributed by atoms with Crippen molar-refractivity contribution < 1.29 is 61.1 Å². The van der Waals surface area contributed by atoms with Crippen molar-refractivity contribution >= 4 is 56.9 Å². The molecule has 1 aromatic carbocycles. The number of ketones is 1. The van der Waals surface area contributed by atoms with Crippen molar-refractivity contribution in [2.75, 3.05) is 55.8 Å². The monoisotopic (exact) mass is 739 g/mol. The van der Waals surface area contributed by atoms with E-state index in [0.29, 0.717) is 63.4 Å². The minimum absolute atomic E-state index is 0.000588. The van der Waals surface area contributed by atoms with E-state index in [1.165, 1.54) is 0 Å². The Labute approximate surface area is 297 Å². The topological polar surface area (TPSA) is 189 Å². The number of carbonyl (C=O) groups excluding carboxylic acids is 3. The Bertz CT molecular complexity index is 1520. The van der Waals surface area contributed by atoms with E-state index in [-0.39, 0.29) is 60.8 Å². The highest BCUT2D eigenvalue weighted by Gasteiger charge is 2.44. The Balaban J connectivity index is 1.69. The number of carbonyl (C=O) groups is 3. The normalized spacial score (nSPS) is 17.1. The number of benzene rings is 1. The first-order chi connectivity index (χ1) is 24.0. The van der Waals surface area contributed by atoms with Gasteiger partial charge >= 0.3 is 11.9 Å². The predicted molar refractivity (Wildman–Crippen MR) is 188 cm³/mol. The zero-order valence-corrected chi connectivity index (χ0v) is 30.0. The van der Waals surface area contributed by atoms with Crippen molar-refractivity contribution in [2.24, 2.45) is 11.8 Å². The zero-order chi connectivity index (χ0) is 36.5. The van der Waals surface area contributed by atoms with E-state index in [9.17, 15) is 27.9 Å². The lowest BCUT2D eigenvalue weighted by atomic mass is 9.71. The highest BCUT2D eigenvalue weighted by atomic mass is 32.2. The average Bonchev–Trinajstić information content (AvgIpc) is 3.07.